The van der Waals surface area contributed by atoms with Crippen molar-refractivity contribution < 1.29 is 14.3 Å². The number of ether oxygens (including phenoxy) is 2. The Kier molecular flexibility index (Phi) is 10.7. The van der Waals surface area contributed by atoms with Crippen LogP contribution in [0.25, 0.3) is 0 Å². The van der Waals surface area contributed by atoms with Crippen LogP contribution < -0.4 is 10.6 Å². The molecule has 0 spiro atoms. The Labute approximate surface area is 177 Å². The van der Waals surface area contributed by atoms with E-state index < -0.39 is 5.60 Å². The number of carbonyl (C=O) groups excluding carboxylic acids is 1. The summed E-state index contributed by atoms with van der Waals surface area (Å²) < 4.78 is 10.9. The Morgan fingerprint density at radius 2 is 1.76 bits per heavy atom. The molecule has 2 N–H and O–H groups in total. The van der Waals surface area contributed by atoms with E-state index in [2.05, 4.69) is 41.3 Å². The lowest BCUT2D eigenvalue weighted by Gasteiger charge is -2.37. The molecule has 170 valence electrons. The van der Waals surface area contributed by atoms with E-state index in [9.17, 15) is 4.79 Å². The second kappa shape index (κ2) is 12.2. The predicted molar refractivity (Wildman–Crippen MR) is 118 cm³/mol. The van der Waals surface area contributed by atoms with E-state index in [1.54, 1.807) is 19.0 Å². The first kappa shape index (κ1) is 25.5. The summed E-state index contributed by atoms with van der Waals surface area (Å²) in [6.45, 7) is 18.0. The third-order valence-electron chi connectivity index (χ3n) is 4.90. The standard InChI is InChI=1S/C21H43N5O3/c1-16(2)18(26-9-11-28-12-10-26)14-24-19(22-7)23-13-17(3)15-25(8)20(27)29-21(4,5)6/h16-18H,9-15H2,1-8H3,(H2,22,23,24). The number of nitrogens with one attached hydrogen (secondary N) is 2. The molecule has 1 aliphatic heterocycles. The van der Waals surface area contributed by atoms with Crippen LogP contribution in [0.5, 0.6) is 0 Å². The molecule has 29 heavy (non-hydrogen) atoms. The minimum Gasteiger partial charge on any atom is -0.444 e. The van der Waals surface area contributed by atoms with Crippen molar-refractivity contribution >= 4 is 12.1 Å². The third kappa shape index (κ3) is 10.2. The molecule has 8 nitrogen and oxygen atoms in total. The molecule has 1 fully saturated rings. The fourth-order valence-corrected chi connectivity index (χ4v) is 3.33. The molecule has 1 amide bonds. The van der Waals surface area contributed by atoms with E-state index in [1.807, 2.05) is 20.8 Å². The molecule has 0 aromatic rings. The molecule has 2 atom stereocenters. The van der Waals surface area contributed by atoms with Gasteiger partial charge in [0.1, 0.15) is 5.60 Å². The Bertz CT molecular complexity index is 513. The van der Waals surface area contributed by atoms with Gasteiger partial charge in [-0.2, -0.15) is 0 Å². The van der Waals surface area contributed by atoms with Crippen molar-refractivity contribution in [3.05, 3.63) is 0 Å². The Morgan fingerprint density at radius 1 is 1.17 bits per heavy atom. The summed E-state index contributed by atoms with van der Waals surface area (Å²) in [4.78, 5) is 20.6. The lowest BCUT2D eigenvalue weighted by atomic mass is 10.0. The minimum atomic E-state index is -0.480. The maximum atomic E-state index is 12.1. The van der Waals surface area contributed by atoms with Gasteiger partial charge in [0.05, 0.1) is 13.2 Å². The van der Waals surface area contributed by atoms with Crippen molar-refractivity contribution in [2.75, 3.05) is 60.0 Å². The van der Waals surface area contributed by atoms with Crippen LogP contribution in [0.2, 0.25) is 0 Å². The lowest BCUT2D eigenvalue weighted by Crippen LogP contribution is -2.53. The Balaban J connectivity index is 2.43. The number of carbonyl (C=O) groups is 1. The average molecular weight is 414 g/mol. The number of morpholine rings is 1. The van der Waals surface area contributed by atoms with Crippen molar-refractivity contribution in [3.8, 4) is 0 Å². The molecule has 1 aliphatic rings. The summed E-state index contributed by atoms with van der Waals surface area (Å²) in [7, 11) is 3.55. The zero-order valence-electron chi connectivity index (χ0n) is 19.7. The third-order valence-corrected chi connectivity index (χ3v) is 4.90. The molecule has 0 aromatic heterocycles. The summed E-state index contributed by atoms with van der Waals surface area (Å²) in [6.07, 6.45) is -0.294. The van der Waals surface area contributed by atoms with Gasteiger partial charge in [-0.1, -0.05) is 20.8 Å². The zero-order valence-corrected chi connectivity index (χ0v) is 19.7. The summed E-state index contributed by atoms with van der Waals surface area (Å²) in [5, 5.41) is 6.84. The fourth-order valence-electron chi connectivity index (χ4n) is 3.33. The SMILES string of the molecule is CN=C(NCC(C)CN(C)C(=O)OC(C)(C)C)NCC(C(C)C)N1CCOCC1. The molecule has 1 saturated heterocycles. The summed E-state index contributed by atoms with van der Waals surface area (Å²) in [5.74, 6) is 1.59. The number of rotatable bonds is 8. The van der Waals surface area contributed by atoms with E-state index in [1.165, 1.54) is 0 Å². The first-order chi connectivity index (χ1) is 13.5. The van der Waals surface area contributed by atoms with E-state index >= 15 is 0 Å². The quantitative estimate of drug-likeness (QED) is 0.468. The number of amides is 1. The minimum absolute atomic E-state index is 0.256. The highest BCUT2D eigenvalue weighted by Gasteiger charge is 2.24. The maximum Gasteiger partial charge on any atom is 0.410 e. The Morgan fingerprint density at radius 3 is 2.28 bits per heavy atom. The molecule has 0 radical (unpaired) electrons. The number of guanidine groups is 1. The second-order valence-corrected chi connectivity index (χ2v) is 9.26. The first-order valence-electron chi connectivity index (χ1n) is 10.7. The van der Waals surface area contributed by atoms with Gasteiger partial charge in [-0.15, -0.1) is 0 Å². The molecule has 0 saturated carbocycles. The summed E-state index contributed by atoms with van der Waals surface area (Å²) in [6, 6.07) is 0.438. The normalized spacial score (nSPS) is 18.3. The highest BCUT2D eigenvalue weighted by atomic mass is 16.6. The van der Waals surface area contributed by atoms with Crippen molar-refractivity contribution in [2.45, 2.75) is 53.2 Å². The topological polar surface area (TPSA) is 78.4 Å². The van der Waals surface area contributed by atoms with Gasteiger partial charge >= 0.3 is 6.09 Å². The van der Waals surface area contributed by atoms with E-state index in [4.69, 9.17) is 9.47 Å². The smallest absolute Gasteiger partial charge is 0.410 e. The van der Waals surface area contributed by atoms with Gasteiger partial charge in [-0.3, -0.25) is 9.89 Å². The van der Waals surface area contributed by atoms with Gasteiger partial charge in [-0.25, -0.2) is 4.79 Å². The van der Waals surface area contributed by atoms with Gasteiger partial charge < -0.3 is 25.0 Å². The largest absolute Gasteiger partial charge is 0.444 e. The lowest BCUT2D eigenvalue weighted by molar-refractivity contribution is 0.00752. The first-order valence-corrected chi connectivity index (χ1v) is 10.7. The molecule has 0 aliphatic carbocycles. The van der Waals surface area contributed by atoms with Crippen molar-refractivity contribution in [1.29, 1.82) is 0 Å². The molecule has 1 rings (SSSR count). The summed E-state index contributed by atoms with van der Waals surface area (Å²) >= 11 is 0. The monoisotopic (exact) mass is 413 g/mol. The summed E-state index contributed by atoms with van der Waals surface area (Å²) in [5.41, 5.74) is -0.480. The van der Waals surface area contributed by atoms with Gasteiger partial charge in [0.2, 0.25) is 0 Å². The average Bonchev–Trinajstić information content (AvgIpc) is 2.63. The highest BCUT2D eigenvalue weighted by molar-refractivity contribution is 5.79. The van der Waals surface area contributed by atoms with Gasteiger partial charge in [-0.05, 0) is 32.6 Å². The van der Waals surface area contributed by atoms with Gasteiger partial charge in [0.15, 0.2) is 5.96 Å². The molecule has 0 bridgehead atoms. The Hall–Kier alpha value is -1.54. The molecular weight excluding hydrogens is 370 g/mol. The van der Waals surface area contributed by atoms with Crippen molar-refractivity contribution in [2.24, 2.45) is 16.8 Å². The van der Waals surface area contributed by atoms with E-state index in [-0.39, 0.29) is 12.0 Å². The van der Waals surface area contributed by atoms with Crippen LogP contribution in [0, 0.1) is 11.8 Å². The van der Waals surface area contributed by atoms with Crippen LogP contribution in [0.1, 0.15) is 41.5 Å². The fraction of sp³-hybridized carbons (Fsp3) is 0.905. The number of hydrogen-bond acceptors (Lipinski definition) is 5. The van der Waals surface area contributed by atoms with Gasteiger partial charge in [0.25, 0.3) is 0 Å². The van der Waals surface area contributed by atoms with Crippen LogP contribution in [0.3, 0.4) is 0 Å². The molecule has 8 heteroatoms. The van der Waals surface area contributed by atoms with Crippen molar-refractivity contribution in [3.63, 3.8) is 0 Å². The molecule has 2 unspecified atom stereocenters. The number of aliphatic imine (C=N–C) groups is 1. The zero-order chi connectivity index (χ0) is 22.0. The predicted octanol–water partition coefficient (Wildman–Crippen LogP) is 2.01. The highest BCUT2D eigenvalue weighted by Crippen LogP contribution is 2.12. The maximum absolute atomic E-state index is 12.1. The molecule has 1 heterocycles. The van der Waals surface area contributed by atoms with Crippen LogP contribution >= 0.6 is 0 Å². The van der Waals surface area contributed by atoms with E-state index in [0.717, 1.165) is 45.4 Å². The van der Waals surface area contributed by atoms with Crippen LogP contribution in [0.15, 0.2) is 4.99 Å². The second-order valence-electron chi connectivity index (χ2n) is 9.26. The van der Waals surface area contributed by atoms with Crippen LogP contribution in [-0.2, 0) is 9.47 Å². The van der Waals surface area contributed by atoms with Crippen LogP contribution in [-0.4, -0.2) is 93.5 Å². The van der Waals surface area contributed by atoms with Gasteiger partial charge in [0, 0.05) is 52.9 Å². The van der Waals surface area contributed by atoms with E-state index in [0.29, 0.717) is 18.5 Å². The van der Waals surface area contributed by atoms with Crippen LogP contribution in [0.4, 0.5) is 4.79 Å². The molecular formula is C21H43N5O3. The number of nitrogens with zero attached hydrogens (tertiary/aromatic N) is 3. The molecule has 0 aromatic carbocycles. The van der Waals surface area contributed by atoms with Crippen molar-refractivity contribution in [1.82, 2.24) is 20.4 Å². The number of hydrogen-bond donors (Lipinski definition) is 2.